The van der Waals surface area contributed by atoms with Crippen molar-refractivity contribution >= 4 is 21.6 Å². The van der Waals surface area contributed by atoms with Crippen LogP contribution >= 0.6 is 0 Å². The van der Waals surface area contributed by atoms with Gasteiger partial charge in [0.1, 0.15) is 5.75 Å². The zero-order valence-electron chi connectivity index (χ0n) is 28.1. The molecule has 0 fully saturated rings. The zero-order valence-corrected chi connectivity index (χ0v) is 28.9. The van der Waals surface area contributed by atoms with Crippen molar-refractivity contribution in [3.8, 4) is 17.2 Å². The number of nitrogens with one attached hydrogen (secondary N) is 1. The van der Waals surface area contributed by atoms with E-state index in [2.05, 4.69) is 16.5 Å². The van der Waals surface area contributed by atoms with Crippen molar-refractivity contribution in [3.05, 3.63) is 77.9 Å². The summed E-state index contributed by atoms with van der Waals surface area (Å²) >= 11 is 0. The Morgan fingerprint density at radius 2 is 1.75 bits per heavy atom. The van der Waals surface area contributed by atoms with E-state index in [1.54, 1.807) is 42.2 Å². The summed E-state index contributed by atoms with van der Waals surface area (Å²) in [4.78, 5) is 18.3. The number of amides is 1. The van der Waals surface area contributed by atoms with Crippen LogP contribution in [0.3, 0.4) is 0 Å². The van der Waals surface area contributed by atoms with Gasteiger partial charge in [0.15, 0.2) is 11.5 Å². The Morgan fingerprint density at radius 3 is 2.52 bits per heavy atom. The quantitative estimate of drug-likeness (QED) is 0.316. The van der Waals surface area contributed by atoms with E-state index in [9.17, 15) is 18.3 Å². The number of benzene rings is 3. The molecule has 3 aromatic carbocycles. The first kappa shape index (κ1) is 35.5. The predicted molar refractivity (Wildman–Crippen MR) is 183 cm³/mol. The van der Waals surface area contributed by atoms with E-state index < -0.39 is 16.1 Å². The fraction of sp³-hybridized carbons (Fsp3) is 0.472. The molecule has 12 heteroatoms. The third kappa shape index (κ3) is 8.98. The highest BCUT2D eigenvalue weighted by molar-refractivity contribution is 7.92. The summed E-state index contributed by atoms with van der Waals surface area (Å²) < 4.78 is 52.7. The lowest BCUT2D eigenvalue weighted by atomic mass is 10.0. The van der Waals surface area contributed by atoms with Crippen molar-refractivity contribution in [2.45, 2.75) is 69.7 Å². The van der Waals surface area contributed by atoms with Crippen LogP contribution in [0.25, 0.3) is 0 Å². The highest BCUT2D eigenvalue weighted by Crippen LogP contribution is 2.33. The Kier molecular flexibility index (Phi) is 11.9. The van der Waals surface area contributed by atoms with Crippen LogP contribution in [0.4, 0.5) is 5.69 Å². The summed E-state index contributed by atoms with van der Waals surface area (Å²) in [5.41, 5.74) is 1.54. The van der Waals surface area contributed by atoms with Gasteiger partial charge in [0.2, 0.25) is 6.79 Å². The minimum Gasteiger partial charge on any atom is -0.490 e. The van der Waals surface area contributed by atoms with Gasteiger partial charge in [-0.05, 0) is 88.2 Å². The van der Waals surface area contributed by atoms with Gasteiger partial charge in [-0.1, -0.05) is 31.2 Å². The molecule has 0 saturated heterocycles. The molecule has 2 heterocycles. The second-order valence-electron chi connectivity index (χ2n) is 12.8. The number of carbonyl (C=O) groups excluding carboxylic acids is 1. The molecule has 0 spiro atoms. The first-order chi connectivity index (χ1) is 23.0. The second-order valence-corrected chi connectivity index (χ2v) is 14.5. The standard InChI is InChI=1S/C36H47N3O8S/c1-25-20-39(26(2)23-40)36(41)31-19-29(37-48(42,43)30-11-6-5-7-12-30)14-16-32(31)47-27(3)10-8-9-17-44-35(25)22-38(4)21-28-13-15-33-34(18-28)46-24-45-33/h5-7,11-16,18-19,25-27,35,37,40H,8-10,17,20-24H2,1-4H3/t25-,26+,27+,35-/m0/s1. The Bertz CT molecular complexity index is 1640. The number of ether oxygens (including phenoxy) is 4. The van der Waals surface area contributed by atoms with Crippen LogP contribution in [-0.4, -0.2) is 87.6 Å². The average molecular weight is 682 g/mol. The summed E-state index contributed by atoms with van der Waals surface area (Å²) in [6, 6.07) is 18.3. The summed E-state index contributed by atoms with van der Waals surface area (Å²) in [6.07, 6.45) is 2.08. The van der Waals surface area contributed by atoms with Gasteiger partial charge in [0.25, 0.3) is 15.9 Å². The lowest BCUT2D eigenvalue weighted by molar-refractivity contribution is -0.0177. The van der Waals surface area contributed by atoms with Gasteiger partial charge in [-0.15, -0.1) is 0 Å². The van der Waals surface area contributed by atoms with Gasteiger partial charge in [-0.25, -0.2) is 8.42 Å². The summed E-state index contributed by atoms with van der Waals surface area (Å²) in [7, 11) is -1.85. The minimum atomic E-state index is -3.90. The van der Waals surface area contributed by atoms with Crippen LogP contribution in [-0.2, 0) is 21.3 Å². The van der Waals surface area contributed by atoms with Gasteiger partial charge in [-0.3, -0.25) is 14.4 Å². The number of nitrogens with zero attached hydrogens (tertiary/aromatic N) is 2. The van der Waals surface area contributed by atoms with Gasteiger partial charge in [0, 0.05) is 37.8 Å². The summed E-state index contributed by atoms with van der Waals surface area (Å²) in [5.74, 6) is 1.38. The topological polar surface area (TPSA) is 127 Å². The van der Waals surface area contributed by atoms with Crippen LogP contribution in [0.1, 0.15) is 56.0 Å². The number of fused-ring (bicyclic) bond motifs is 2. The molecule has 2 aliphatic heterocycles. The molecule has 0 bridgehead atoms. The molecule has 0 aromatic heterocycles. The number of sulfonamides is 1. The molecule has 48 heavy (non-hydrogen) atoms. The van der Waals surface area contributed by atoms with Crippen molar-refractivity contribution in [1.82, 2.24) is 9.80 Å². The van der Waals surface area contributed by atoms with Crippen molar-refractivity contribution < 1.29 is 37.3 Å². The maximum atomic E-state index is 14.4. The molecule has 0 radical (unpaired) electrons. The fourth-order valence-corrected chi connectivity index (χ4v) is 7.06. The average Bonchev–Trinajstić information content (AvgIpc) is 3.54. The number of carbonyl (C=O) groups is 1. The molecule has 2 N–H and O–H groups in total. The first-order valence-corrected chi connectivity index (χ1v) is 18.0. The number of aliphatic hydroxyl groups excluding tert-OH is 1. The highest BCUT2D eigenvalue weighted by Gasteiger charge is 2.31. The first-order valence-electron chi connectivity index (χ1n) is 16.5. The van der Waals surface area contributed by atoms with E-state index in [0.717, 1.165) is 36.3 Å². The van der Waals surface area contributed by atoms with Crippen molar-refractivity contribution in [2.24, 2.45) is 5.92 Å². The van der Waals surface area contributed by atoms with Crippen molar-refractivity contribution in [2.75, 3.05) is 44.9 Å². The number of hydrogen-bond donors (Lipinski definition) is 2. The van der Waals surface area contributed by atoms with Crippen LogP contribution in [0.15, 0.2) is 71.6 Å². The lowest BCUT2D eigenvalue weighted by Gasteiger charge is -2.36. The Morgan fingerprint density at radius 1 is 1.00 bits per heavy atom. The molecule has 5 rings (SSSR count). The highest BCUT2D eigenvalue weighted by atomic mass is 32.2. The Hall–Kier alpha value is -3.84. The van der Waals surface area contributed by atoms with E-state index in [1.807, 2.05) is 32.2 Å². The predicted octanol–water partition coefficient (Wildman–Crippen LogP) is 5.14. The SMILES string of the molecule is C[C@@H]1CCCCO[C@@H](CN(C)Cc2ccc3c(c2)OCO3)[C@@H](C)CN([C@H](C)CO)C(=O)c2cc(NS(=O)(=O)c3ccccc3)ccc2O1. The number of aliphatic hydroxyl groups is 1. The number of rotatable bonds is 9. The van der Waals surface area contributed by atoms with Gasteiger partial charge in [0.05, 0.1) is 35.3 Å². The molecule has 4 atom stereocenters. The van der Waals surface area contributed by atoms with Crippen LogP contribution in [0.5, 0.6) is 17.2 Å². The van der Waals surface area contributed by atoms with E-state index in [0.29, 0.717) is 32.0 Å². The van der Waals surface area contributed by atoms with E-state index in [-0.39, 0.29) is 53.6 Å². The smallest absolute Gasteiger partial charge is 0.261 e. The lowest BCUT2D eigenvalue weighted by Crippen LogP contribution is -2.47. The molecule has 0 unspecified atom stereocenters. The molecule has 11 nitrogen and oxygen atoms in total. The maximum absolute atomic E-state index is 14.4. The molecule has 2 aliphatic rings. The molecule has 0 aliphatic carbocycles. The third-order valence-electron chi connectivity index (χ3n) is 8.74. The van der Waals surface area contributed by atoms with E-state index in [4.69, 9.17) is 18.9 Å². The normalized spacial score (nSPS) is 21.2. The van der Waals surface area contributed by atoms with Crippen LogP contribution in [0, 0.1) is 5.92 Å². The van der Waals surface area contributed by atoms with Crippen molar-refractivity contribution in [3.63, 3.8) is 0 Å². The molecular formula is C36H47N3O8S. The van der Waals surface area contributed by atoms with Gasteiger partial charge in [-0.2, -0.15) is 0 Å². The third-order valence-corrected chi connectivity index (χ3v) is 10.1. The van der Waals surface area contributed by atoms with Crippen LogP contribution in [0.2, 0.25) is 0 Å². The second kappa shape index (κ2) is 16.0. The van der Waals surface area contributed by atoms with Crippen molar-refractivity contribution in [1.29, 1.82) is 0 Å². The van der Waals surface area contributed by atoms with Gasteiger partial charge < -0.3 is 29.0 Å². The molecule has 0 saturated carbocycles. The van der Waals surface area contributed by atoms with Gasteiger partial charge >= 0.3 is 0 Å². The van der Waals surface area contributed by atoms with E-state index in [1.165, 1.54) is 18.2 Å². The molecule has 1 amide bonds. The molecule has 3 aromatic rings. The maximum Gasteiger partial charge on any atom is 0.261 e. The largest absolute Gasteiger partial charge is 0.490 e. The minimum absolute atomic E-state index is 0.104. The fourth-order valence-electron chi connectivity index (χ4n) is 5.99. The van der Waals surface area contributed by atoms with Crippen LogP contribution < -0.4 is 18.9 Å². The number of likely N-dealkylation sites (N-methyl/N-ethyl adjacent to an activating group) is 1. The van der Waals surface area contributed by atoms with E-state index >= 15 is 0 Å². The summed E-state index contributed by atoms with van der Waals surface area (Å²) in [5, 5.41) is 10.3. The number of hydrogen-bond acceptors (Lipinski definition) is 9. The Balaban J connectivity index is 1.40. The Labute approximate surface area is 283 Å². The number of anilines is 1. The molecule has 260 valence electrons. The zero-order chi connectivity index (χ0) is 34.3. The monoisotopic (exact) mass is 681 g/mol. The molecular weight excluding hydrogens is 634 g/mol. The summed E-state index contributed by atoms with van der Waals surface area (Å²) in [6.45, 7) is 7.94.